The molecule has 3 rings (SSSR count). The van der Waals surface area contributed by atoms with Gasteiger partial charge in [-0.25, -0.2) is 0 Å². The van der Waals surface area contributed by atoms with E-state index in [9.17, 15) is 5.11 Å². The largest absolute Gasteiger partial charge is 0.399 e. The molecule has 0 aromatic heterocycles. The first-order valence-electron chi connectivity index (χ1n) is 7.43. The Morgan fingerprint density at radius 3 is 2.00 bits per heavy atom. The number of nitrogens with zero attached hydrogens (tertiary/aromatic N) is 1. The van der Waals surface area contributed by atoms with E-state index in [1.807, 2.05) is 36.4 Å². The highest BCUT2D eigenvalue weighted by Gasteiger charge is 2.48. The van der Waals surface area contributed by atoms with E-state index in [0.717, 1.165) is 19.4 Å². The molecule has 2 nitrogen and oxygen atoms in total. The molecule has 1 heterocycles. The molecule has 2 radical (unpaired) electrons. The molecule has 2 aromatic rings. The summed E-state index contributed by atoms with van der Waals surface area (Å²) >= 11 is 0. The molecular weight excluding hydrogens is 276 g/mol. The second-order valence-corrected chi connectivity index (χ2v) is 8.42. The zero-order chi connectivity index (χ0) is 14.7. The third kappa shape index (κ3) is 2.66. The smallest absolute Gasteiger partial charge is 0.395 e. The second-order valence-electron chi connectivity index (χ2n) is 5.50. The van der Waals surface area contributed by atoms with Gasteiger partial charge in [-0.05, 0) is 37.1 Å². The van der Waals surface area contributed by atoms with E-state index in [1.165, 1.54) is 10.6 Å². The van der Waals surface area contributed by atoms with Crippen LogP contribution in [0.3, 0.4) is 0 Å². The van der Waals surface area contributed by atoms with E-state index in [2.05, 4.69) is 28.9 Å². The Balaban J connectivity index is 2.11. The van der Waals surface area contributed by atoms with Gasteiger partial charge in [-0.1, -0.05) is 36.4 Å². The highest BCUT2D eigenvalue weighted by atomic mass is 31.2. The number of rotatable bonds is 4. The molecule has 0 spiro atoms. The van der Waals surface area contributed by atoms with E-state index < -0.39 is 7.29 Å². The molecule has 0 unspecified atom stereocenters. The molecule has 1 fully saturated rings. The summed E-state index contributed by atoms with van der Waals surface area (Å²) in [6.07, 6.45) is 2.12. The topological polar surface area (TPSA) is 23.5 Å². The summed E-state index contributed by atoms with van der Waals surface area (Å²) in [5.41, 5.74) is 0. The number of aliphatic hydroxyl groups excluding tert-OH is 1. The van der Waals surface area contributed by atoms with Crippen LogP contribution in [0.25, 0.3) is 0 Å². The molecule has 106 valence electrons. The summed E-state index contributed by atoms with van der Waals surface area (Å²) in [6.45, 7) is 1.14. The van der Waals surface area contributed by atoms with Gasteiger partial charge >= 0.3 is 7.57 Å². The second kappa shape index (κ2) is 6.31. The lowest BCUT2D eigenvalue weighted by Gasteiger charge is -2.35. The van der Waals surface area contributed by atoms with Crippen molar-refractivity contribution in [3.8, 4) is 0 Å². The van der Waals surface area contributed by atoms with Crippen molar-refractivity contribution < 1.29 is 5.11 Å². The lowest BCUT2D eigenvalue weighted by Crippen LogP contribution is -2.41. The minimum absolute atomic E-state index is 0.170. The molecule has 1 saturated heterocycles. The maximum absolute atomic E-state index is 9.71. The fourth-order valence-electron chi connectivity index (χ4n) is 3.18. The summed E-state index contributed by atoms with van der Waals surface area (Å²) < 4.78 is 2.36. The number of hydrogen-bond donors (Lipinski definition) is 1. The van der Waals surface area contributed by atoms with Gasteiger partial charge in [-0.2, -0.15) is 4.67 Å². The zero-order valence-corrected chi connectivity index (χ0v) is 13.0. The van der Waals surface area contributed by atoms with Crippen molar-refractivity contribution in [2.45, 2.75) is 18.9 Å². The van der Waals surface area contributed by atoms with Crippen molar-refractivity contribution >= 4 is 25.5 Å². The minimum atomic E-state index is -2.12. The first-order valence-corrected chi connectivity index (χ1v) is 9.24. The van der Waals surface area contributed by atoms with Gasteiger partial charge in [0.05, 0.1) is 30.5 Å². The fraction of sp³-hybridized carbons (Fsp3) is 0.294. The molecule has 1 aliphatic heterocycles. The highest BCUT2D eigenvalue weighted by Crippen LogP contribution is 2.58. The molecule has 0 saturated carbocycles. The monoisotopic (exact) mass is 296 g/mol. The lowest BCUT2D eigenvalue weighted by molar-refractivity contribution is 0.218. The van der Waals surface area contributed by atoms with Crippen LogP contribution in [0.2, 0.25) is 0 Å². The van der Waals surface area contributed by atoms with Gasteiger partial charge in [-0.15, -0.1) is 0 Å². The average molecular weight is 296 g/mol. The van der Waals surface area contributed by atoms with Gasteiger partial charge in [0.2, 0.25) is 0 Å². The molecule has 1 aliphatic rings. The molecule has 21 heavy (non-hydrogen) atoms. The summed E-state index contributed by atoms with van der Waals surface area (Å²) in [5, 5.41) is 12.1. The van der Waals surface area contributed by atoms with Crippen molar-refractivity contribution in [3.63, 3.8) is 0 Å². The van der Waals surface area contributed by atoms with Gasteiger partial charge in [0.1, 0.15) is 0 Å². The Bertz CT molecular complexity index is 538. The van der Waals surface area contributed by atoms with E-state index in [4.69, 9.17) is 7.57 Å². The first-order chi connectivity index (χ1) is 10.3. The third-order valence-corrected chi connectivity index (χ3v) is 7.77. The van der Waals surface area contributed by atoms with E-state index in [-0.39, 0.29) is 12.6 Å². The number of hydrogen-bond acceptors (Lipinski definition) is 2. The zero-order valence-electron chi connectivity index (χ0n) is 12.1. The van der Waals surface area contributed by atoms with Gasteiger partial charge in [0.15, 0.2) is 0 Å². The van der Waals surface area contributed by atoms with Crippen molar-refractivity contribution in [3.05, 3.63) is 60.7 Å². The highest BCUT2D eigenvalue weighted by molar-refractivity contribution is 8.06. The molecule has 0 aliphatic carbocycles. The predicted molar refractivity (Wildman–Crippen MR) is 91.6 cm³/mol. The van der Waals surface area contributed by atoms with Crippen LogP contribution in [0.4, 0.5) is 0 Å². The van der Waals surface area contributed by atoms with Crippen molar-refractivity contribution in [1.82, 2.24) is 4.67 Å². The van der Waals surface area contributed by atoms with Crippen LogP contribution in [0.15, 0.2) is 60.7 Å². The number of aliphatic hydroxyl groups is 1. The Kier molecular flexibility index (Phi) is 4.44. The van der Waals surface area contributed by atoms with E-state index in [0.29, 0.717) is 0 Å². The summed E-state index contributed by atoms with van der Waals surface area (Å²) in [5.74, 6) is 0. The summed E-state index contributed by atoms with van der Waals surface area (Å²) in [6, 6.07) is 20.9. The third-order valence-electron chi connectivity index (χ3n) is 4.26. The molecule has 1 atom stereocenters. The maximum atomic E-state index is 9.71. The molecular formula is C17H20BNOP+. The van der Waals surface area contributed by atoms with Gasteiger partial charge in [0, 0.05) is 6.54 Å². The molecule has 2 aromatic carbocycles. The SMILES string of the molecule is [B][P+](c1ccccc1)(c1ccccc1)N1CCC[C@@H]1CO. The van der Waals surface area contributed by atoms with Crippen LogP contribution in [0.1, 0.15) is 12.8 Å². The van der Waals surface area contributed by atoms with Crippen LogP contribution in [-0.4, -0.2) is 36.5 Å². The minimum Gasteiger partial charge on any atom is -0.395 e. The molecule has 0 amide bonds. The van der Waals surface area contributed by atoms with Crippen LogP contribution >= 0.6 is 7.29 Å². The van der Waals surface area contributed by atoms with Crippen LogP contribution in [0.5, 0.6) is 0 Å². The van der Waals surface area contributed by atoms with Gasteiger partial charge in [0.25, 0.3) is 0 Å². The Morgan fingerprint density at radius 2 is 1.52 bits per heavy atom. The molecule has 0 bridgehead atoms. The lowest BCUT2D eigenvalue weighted by atomic mass is 10.2. The molecule has 1 N–H and O–H groups in total. The van der Waals surface area contributed by atoms with E-state index in [1.54, 1.807) is 0 Å². The first kappa shape index (κ1) is 14.8. The fourth-order valence-corrected chi connectivity index (χ4v) is 6.48. The van der Waals surface area contributed by atoms with Gasteiger partial charge < -0.3 is 5.11 Å². The van der Waals surface area contributed by atoms with Crippen molar-refractivity contribution in [2.24, 2.45) is 0 Å². The summed E-state index contributed by atoms with van der Waals surface area (Å²) in [4.78, 5) is 0. The number of benzene rings is 2. The predicted octanol–water partition coefficient (Wildman–Crippen LogP) is 2.11. The standard InChI is InChI=1S/C17H20BNOP/c18-21(16-9-3-1-4-10-16,17-11-5-2-6-12-17)19-13-7-8-15(19)14-20/h1-6,9-12,15,20H,7-8,13-14H2/q+1/t15-/m1/s1. The Labute approximate surface area is 128 Å². The quantitative estimate of drug-likeness (QED) is 0.690. The van der Waals surface area contributed by atoms with Crippen LogP contribution < -0.4 is 10.6 Å². The Morgan fingerprint density at radius 1 is 1.00 bits per heavy atom. The van der Waals surface area contributed by atoms with Gasteiger partial charge in [-0.3, -0.25) is 0 Å². The van der Waals surface area contributed by atoms with Crippen LogP contribution in [-0.2, 0) is 0 Å². The van der Waals surface area contributed by atoms with E-state index >= 15 is 0 Å². The molecule has 4 heteroatoms. The normalized spacial score (nSPS) is 19.8. The van der Waals surface area contributed by atoms with Crippen molar-refractivity contribution in [1.29, 1.82) is 0 Å². The average Bonchev–Trinajstić information content (AvgIpc) is 3.05. The Hall–Kier alpha value is -1.15. The maximum Gasteiger partial charge on any atom is 0.399 e. The van der Waals surface area contributed by atoms with Crippen molar-refractivity contribution in [2.75, 3.05) is 13.2 Å². The summed E-state index contributed by atoms with van der Waals surface area (Å²) in [7, 11) is 4.92. The van der Waals surface area contributed by atoms with Crippen LogP contribution in [0, 0.1) is 0 Å².